The molecule has 0 rings (SSSR count). The summed E-state index contributed by atoms with van der Waals surface area (Å²) in [6.07, 6.45) is 4.50. The molecule has 0 fully saturated rings. The summed E-state index contributed by atoms with van der Waals surface area (Å²) in [6, 6.07) is 0. The third-order valence-corrected chi connectivity index (χ3v) is 2.49. The fraction of sp³-hybridized carbons (Fsp3) is 0.615. The molecule has 1 atom stereocenters. The van der Waals surface area contributed by atoms with E-state index >= 15 is 0 Å². The second kappa shape index (κ2) is 6.53. The molecule has 0 aliphatic heterocycles. The predicted octanol–water partition coefficient (Wildman–Crippen LogP) is 2.56. The lowest BCUT2D eigenvalue weighted by Crippen LogP contribution is -2.48. The van der Waals surface area contributed by atoms with E-state index in [0.29, 0.717) is 7.28 Å². The normalized spacial score (nSPS) is 14.4. The lowest BCUT2D eigenvalue weighted by Gasteiger charge is -2.35. The summed E-state index contributed by atoms with van der Waals surface area (Å²) in [6.45, 7) is 14.8. The van der Waals surface area contributed by atoms with Gasteiger partial charge in [0, 0.05) is 6.08 Å². The summed E-state index contributed by atoms with van der Waals surface area (Å²) in [4.78, 5) is 11.2. The zero-order valence-corrected chi connectivity index (χ0v) is 11.4. The second-order valence-electron chi connectivity index (χ2n) is 5.05. The van der Waals surface area contributed by atoms with E-state index in [9.17, 15) is 4.79 Å². The minimum Gasteiger partial charge on any atom is -0.505 e. The number of carbonyl (C=O) groups is 1. The Morgan fingerprint density at radius 2 is 1.94 bits per heavy atom. The molecule has 96 valence electrons. The molecule has 1 unspecified atom stereocenters. The monoisotopic (exact) mass is 238 g/mol. The number of rotatable bonds is 8. The van der Waals surface area contributed by atoms with Crippen LogP contribution in [0.15, 0.2) is 25.5 Å². The molecule has 0 heterocycles. The van der Waals surface area contributed by atoms with Crippen molar-refractivity contribution in [1.29, 1.82) is 0 Å². The van der Waals surface area contributed by atoms with Crippen LogP contribution in [0.5, 0.6) is 0 Å². The highest BCUT2D eigenvalue weighted by Crippen LogP contribution is 2.23. The van der Waals surface area contributed by atoms with Crippen LogP contribution in [0.1, 0.15) is 40.5 Å². The minimum atomic E-state index is -0.585. The summed E-state index contributed by atoms with van der Waals surface area (Å²) < 4.78 is 10.9. The molecule has 0 N–H and O–H groups in total. The topological polar surface area (TPSA) is 35.5 Å². The van der Waals surface area contributed by atoms with E-state index in [4.69, 9.17) is 9.47 Å². The highest BCUT2D eigenvalue weighted by Gasteiger charge is 2.37. The molecule has 0 amide bonds. The van der Waals surface area contributed by atoms with Crippen molar-refractivity contribution in [2.45, 2.75) is 51.5 Å². The Bertz CT molecular complexity index is 286. The molecule has 4 heteroatoms. The van der Waals surface area contributed by atoms with Crippen LogP contribution in [0, 0.1) is 0 Å². The van der Waals surface area contributed by atoms with E-state index in [2.05, 4.69) is 20.1 Å². The Morgan fingerprint density at radius 3 is 2.35 bits per heavy atom. The highest BCUT2D eigenvalue weighted by molar-refractivity contribution is 6.43. The van der Waals surface area contributed by atoms with Crippen LogP contribution in [0.2, 0.25) is 0 Å². The molecule has 0 saturated heterocycles. The van der Waals surface area contributed by atoms with E-state index in [-0.39, 0.29) is 5.50 Å². The standard InChI is InChI=1S/C13H23BO3/c1-7-10-13(6,16-9-3)14-12(4,5)17-11(15)8-2/h8-9,14H,2-3,7,10H2,1,4-6H3. The van der Waals surface area contributed by atoms with E-state index in [0.717, 1.165) is 12.8 Å². The van der Waals surface area contributed by atoms with Gasteiger partial charge in [0.1, 0.15) is 0 Å². The number of carbonyl (C=O) groups excluding carboxylic acids is 1. The van der Waals surface area contributed by atoms with Gasteiger partial charge in [0.15, 0.2) is 0 Å². The summed E-state index contributed by atoms with van der Waals surface area (Å²) in [5.41, 5.74) is -0.945. The smallest absolute Gasteiger partial charge is 0.329 e. The van der Waals surface area contributed by atoms with E-state index in [1.165, 1.54) is 12.3 Å². The van der Waals surface area contributed by atoms with Crippen LogP contribution in [0.25, 0.3) is 0 Å². The number of esters is 1. The van der Waals surface area contributed by atoms with Crippen molar-refractivity contribution in [2.75, 3.05) is 0 Å². The summed E-state index contributed by atoms with van der Waals surface area (Å²) in [5.74, 6) is -0.410. The average molecular weight is 238 g/mol. The van der Waals surface area contributed by atoms with Crippen molar-refractivity contribution in [3.8, 4) is 0 Å². The van der Waals surface area contributed by atoms with E-state index in [1.54, 1.807) is 0 Å². The van der Waals surface area contributed by atoms with Gasteiger partial charge in [0.05, 0.1) is 17.3 Å². The Kier molecular flexibility index (Phi) is 6.07. The fourth-order valence-corrected chi connectivity index (χ4v) is 2.17. The van der Waals surface area contributed by atoms with Gasteiger partial charge in [-0.15, -0.1) is 0 Å². The van der Waals surface area contributed by atoms with Gasteiger partial charge in [0.25, 0.3) is 0 Å². The maximum atomic E-state index is 11.2. The molecular formula is C13H23BO3. The first-order valence-electron chi connectivity index (χ1n) is 5.93. The van der Waals surface area contributed by atoms with Crippen LogP contribution < -0.4 is 0 Å². The number of hydrogen-bond acceptors (Lipinski definition) is 3. The maximum Gasteiger partial charge on any atom is 0.329 e. The molecule has 0 radical (unpaired) electrons. The average Bonchev–Trinajstić information content (AvgIpc) is 2.15. The summed E-state index contributed by atoms with van der Waals surface area (Å²) in [5, 5.41) is 0. The molecule has 0 aliphatic rings. The van der Waals surface area contributed by atoms with Crippen LogP contribution >= 0.6 is 0 Å². The summed E-state index contributed by atoms with van der Waals surface area (Å²) >= 11 is 0. The van der Waals surface area contributed by atoms with Gasteiger partial charge < -0.3 is 9.47 Å². The quantitative estimate of drug-likeness (QED) is 0.282. The van der Waals surface area contributed by atoms with E-state index < -0.39 is 11.5 Å². The third kappa shape index (κ3) is 6.20. The van der Waals surface area contributed by atoms with Gasteiger partial charge in [-0.2, -0.15) is 0 Å². The maximum absolute atomic E-state index is 11.2. The first-order chi connectivity index (χ1) is 7.78. The number of ether oxygens (including phenoxy) is 2. The van der Waals surface area contributed by atoms with Crippen molar-refractivity contribution < 1.29 is 14.3 Å². The molecule has 0 bridgehead atoms. The van der Waals surface area contributed by atoms with Crippen molar-refractivity contribution >= 4 is 13.2 Å². The van der Waals surface area contributed by atoms with Gasteiger partial charge in [-0.25, -0.2) is 4.79 Å². The molecule has 0 spiro atoms. The van der Waals surface area contributed by atoms with Crippen molar-refractivity contribution in [2.24, 2.45) is 0 Å². The lowest BCUT2D eigenvalue weighted by atomic mass is 9.49. The predicted molar refractivity (Wildman–Crippen MR) is 72.1 cm³/mol. The van der Waals surface area contributed by atoms with Crippen LogP contribution in [-0.2, 0) is 14.3 Å². The molecule has 0 aliphatic carbocycles. The minimum absolute atomic E-state index is 0.360. The zero-order chi connectivity index (χ0) is 13.5. The van der Waals surface area contributed by atoms with Gasteiger partial charge in [0.2, 0.25) is 7.28 Å². The summed E-state index contributed by atoms with van der Waals surface area (Å²) in [7, 11) is 0.611. The molecule has 0 aromatic rings. The van der Waals surface area contributed by atoms with Gasteiger partial charge in [-0.3, -0.25) is 0 Å². The Morgan fingerprint density at radius 1 is 1.35 bits per heavy atom. The Balaban J connectivity index is 4.66. The molecule has 0 aromatic heterocycles. The first-order valence-corrected chi connectivity index (χ1v) is 5.93. The van der Waals surface area contributed by atoms with Crippen molar-refractivity contribution in [3.05, 3.63) is 25.5 Å². The second-order valence-corrected chi connectivity index (χ2v) is 5.05. The van der Waals surface area contributed by atoms with Crippen LogP contribution in [-0.4, -0.2) is 24.2 Å². The van der Waals surface area contributed by atoms with Crippen molar-refractivity contribution in [1.82, 2.24) is 0 Å². The fourth-order valence-electron chi connectivity index (χ4n) is 2.17. The molecule has 0 aromatic carbocycles. The first kappa shape index (κ1) is 15.8. The SMILES string of the molecule is C=COC(C)(BC(C)(C)OC(=O)C=C)CCC. The van der Waals surface area contributed by atoms with Gasteiger partial charge >= 0.3 is 5.97 Å². The highest BCUT2D eigenvalue weighted by atomic mass is 16.6. The molecule has 3 nitrogen and oxygen atoms in total. The Hall–Kier alpha value is -1.19. The molecule has 0 saturated carbocycles. The molecular weight excluding hydrogens is 215 g/mol. The van der Waals surface area contributed by atoms with Gasteiger partial charge in [-0.1, -0.05) is 26.5 Å². The van der Waals surface area contributed by atoms with Crippen LogP contribution in [0.3, 0.4) is 0 Å². The third-order valence-electron chi connectivity index (χ3n) is 2.49. The van der Waals surface area contributed by atoms with E-state index in [1.807, 2.05) is 20.8 Å². The zero-order valence-electron chi connectivity index (χ0n) is 11.4. The van der Waals surface area contributed by atoms with Crippen LogP contribution in [0.4, 0.5) is 0 Å². The Labute approximate surface area is 105 Å². The number of hydrogen-bond donors (Lipinski definition) is 0. The largest absolute Gasteiger partial charge is 0.505 e. The molecule has 17 heavy (non-hydrogen) atoms. The van der Waals surface area contributed by atoms with Gasteiger partial charge in [-0.05, 0) is 27.2 Å². The lowest BCUT2D eigenvalue weighted by molar-refractivity contribution is -0.144. The van der Waals surface area contributed by atoms with Crippen molar-refractivity contribution in [3.63, 3.8) is 0 Å².